The lowest BCUT2D eigenvalue weighted by Gasteiger charge is -2.31. The van der Waals surface area contributed by atoms with Crippen molar-refractivity contribution in [2.24, 2.45) is 0 Å². The van der Waals surface area contributed by atoms with E-state index in [0.717, 1.165) is 27.9 Å². The normalized spacial score (nSPS) is 13.1. The number of carbonyl (C=O) groups excluding carboxylic acids is 1. The Balaban J connectivity index is 1.28. The van der Waals surface area contributed by atoms with E-state index < -0.39 is 15.6 Å². The minimum Gasteiger partial charge on any atom is -0.457 e. The van der Waals surface area contributed by atoms with Gasteiger partial charge >= 0.3 is 6.09 Å². The van der Waals surface area contributed by atoms with Gasteiger partial charge in [0.2, 0.25) is 0 Å². The van der Waals surface area contributed by atoms with Crippen molar-refractivity contribution in [2.75, 3.05) is 11.9 Å². The minimum atomic E-state index is -4.05. The molecule has 0 saturated heterocycles. The largest absolute Gasteiger partial charge is 0.457 e. The Kier molecular flexibility index (Phi) is 9.18. The molecule has 11 nitrogen and oxygen atoms in total. The highest BCUT2D eigenvalue weighted by atomic mass is 32.2. The molecule has 1 aliphatic rings. The van der Waals surface area contributed by atoms with Crippen LogP contribution in [0.5, 0.6) is 11.5 Å². The third kappa shape index (κ3) is 7.33. The first-order valence-electron chi connectivity index (χ1n) is 17.1. The van der Waals surface area contributed by atoms with E-state index in [1.165, 1.54) is 3.97 Å². The molecule has 7 rings (SSSR count). The molecule has 0 unspecified atom stereocenters. The highest BCUT2D eigenvalue weighted by Crippen LogP contribution is 2.40. The van der Waals surface area contributed by atoms with Crippen molar-refractivity contribution in [2.45, 2.75) is 64.6 Å². The Labute approximate surface area is 303 Å². The van der Waals surface area contributed by atoms with Crippen LogP contribution in [-0.2, 0) is 34.3 Å². The summed E-state index contributed by atoms with van der Waals surface area (Å²) in [5.41, 5.74) is 5.90. The molecule has 6 aromatic rings. The van der Waals surface area contributed by atoms with Crippen molar-refractivity contribution < 1.29 is 22.7 Å². The molecule has 0 atom stereocenters. The van der Waals surface area contributed by atoms with E-state index in [2.05, 4.69) is 20.3 Å². The Morgan fingerprint density at radius 3 is 2.40 bits per heavy atom. The maximum absolute atomic E-state index is 14.2. The van der Waals surface area contributed by atoms with E-state index in [4.69, 9.17) is 9.47 Å². The summed E-state index contributed by atoms with van der Waals surface area (Å²) in [6, 6.07) is 21.9. The van der Waals surface area contributed by atoms with Crippen LogP contribution >= 0.6 is 0 Å². The van der Waals surface area contributed by atoms with Crippen LogP contribution in [0.15, 0.2) is 102 Å². The van der Waals surface area contributed by atoms with E-state index in [0.29, 0.717) is 59.9 Å². The molecule has 4 aromatic heterocycles. The molecule has 0 radical (unpaired) electrons. The SMILES string of the molecule is Cc1ccc(S(=O)(=O)n2cc(-c3ccnc(NCc4ccc(C)cn4)c3)c3c(Oc4ccc5c(c4)CN(C(=O)OC(C)(C)C)CC5)ccnc32)cc1. The van der Waals surface area contributed by atoms with E-state index in [9.17, 15) is 13.2 Å². The van der Waals surface area contributed by atoms with E-state index >= 15 is 0 Å². The number of aromatic nitrogens is 4. The fourth-order valence-corrected chi connectivity index (χ4v) is 7.41. The maximum atomic E-state index is 14.2. The Morgan fingerprint density at radius 1 is 0.885 bits per heavy atom. The number of hydrogen-bond acceptors (Lipinski definition) is 9. The predicted octanol–water partition coefficient (Wildman–Crippen LogP) is 8.04. The number of rotatable bonds is 8. The van der Waals surface area contributed by atoms with Gasteiger partial charge < -0.3 is 19.7 Å². The first-order valence-corrected chi connectivity index (χ1v) is 18.5. The molecule has 1 aliphatic heterocycles. The average Bonchev–Trinajstić information content (AvgIpc) is 3.52. The number of hydrogen-bond donors (Lipinski definition) is 1. The lowest BCUT2D eigenvalue weighted by Crippen LogP contribution is -2.39. The van der Waals surface area contributed by atoms with Gasteiger partial charge in [-0.25, -0.2) is 27.2 Å². The number of nitrogens with one attached hydrogen (secondary N) is 1. The van der Waals surface area contributed by atoms with Crippen LogP contribution in [0.2, 0.25) is 0 Å². The number of ether oxygens (including phenoxy) is 2. The number of pyridine rings is 3. The van der Waals surface area contributed by atoms with Gasteiger partial charge in [0, 0.05) is 43.4 Å². The monoisotopic (exact) mass is 716 g/mol. The predicted molar refractivity (Wildman–Crippen MR) is 200 cm³/mol. The van der Waals surface area contributed by atoms with Crippen LogP contribution in [-0.4, -0.2) is 50.5 Å². The zero-order valence-corrected chi connectivity index (χ0v) is 30.6. The van der Waals surface area contributed by atoms with Crippen LogP contribution < -0.4 is 10.1 Å². The summed E-state index contributed by atoms with van der Waals surface area (Å²) in [7, 11) is -4.05. The second-order valence-electron chi connectivity index (χ2n) is 14.0. The topological polar surface area (TPSA) is 129 Å². The average molecular weight is 717 g/mol. The molecule has 5 heterocycles. The van der Waals surface area contributed by atoms with Crippen LogP contribution in [0, 0.1) is 13.8 Å². The van der Waals surface area contributed by atoms with E-state index in [1.807, 2.05) is 83.3 Å². The molecular formula is C40H40N6O5S. The summed E-state index contributed by atoms with van der Waals surface area (Å²) in [4.78, 5) is 28.3. The number of anilines is 1. The molecule has 0 spiro atoms. The summed E-state index contributed by atoms with van der Waals surface area (Å²) < 4.78 is 41.7. The highest BCUT2D eigenvalue weighted by molar-refractivity contribution is 7.90. The molecule has 0 bridgehead atoms. The van der Waals surface area contributed by atoms with Gasteiger partial charge in [-0.05, 0) is 112 Å². The summed E-state index contributed by atoms with van der Waals surface area (Å²) in [5, 5.41) is 3.85. The fourth-order valence-electron chi connectivity index (χ4n) is 6.09. The van der Waals surface area contributed by atoms with Gasteiger partial charge in [0.05, 0.1) is 22.5 Å². The van der Waals surface area contributed by atoms with Gasteiger partial charge in [-0.15, -0.1) is 0 Å². The minimum absolute atomic E-state index is 0.140. The van der Waals surface area contributed by atoms with Gasteiger partial charge in [0.25, 0.3) is 10.0 Å². The van der Waals surface area contributed by atoms with Gasteiger partial charge in [-0.2, -0.15) is 0 Å². The molecule has 1 N–H and O–H groups in total. The van der Waals surface area contributed by atoms with Gasteiger partial charge in [0.15, 0.2) is 5.65 Å². The quantitative estimate of drug-likeness (QED) is 0.166. The first-order chi connectivity index (χ1) is 24.8. The Morgan fingerprint density at radius 2 is 1.65 bits per heavy atom. The lowest BCUT2D eigenvalue weighted by atomic mass is 10.00. The summed E-state index contributed by atoms with van der Waals surface area (Å²) >= 11 is 0. The number of aryl methyl sites for hydroxylation is 2. The van der Waals surface area contributed by atoms with E-state index in [-0.39, 0.29) is 16.6 Å². The Hall–Kier alpha value is -5.75. The summed E-state index contributed by atoms with van der Waals surface area (Å²) in [6.45, 7) is 10.9. The van der Waals surface area contributed by atoms with Gasteiger partial charge in [0.1, 0.15) is 22.9 Å². The van der Waals surface area contributed by atoms with Crippen molar-refractivity contribution in [3.8, 4) is 22.6 Å². The second kappa shape index (κ2) is 13.8. The first kappa shape index (κ1) is 34.7. The molecule has 52 heavy (non-hydrogen) atoms. The molecule has 266 valence electrons. The maximum Gasteiger partial charge on any atom is 0.410 e. The zero-order valence-electron chi connectivity index (χ0n) is 29.8. The molecule has 0 aliphatic carbocycles. The summed E-state index contributed by atoms with van der Waals surface area (Å²) in [5.74, 6) is 1.56. The second-order valence-corrected chi connectivity index (χ2v) is 15.8. The highest BCUT2D eigenvalue weighted by Gasteiger charge is 2.28. The third-order valence-corrected chi connectivity index (χ3v) is 10.4. The number of benzene rings is 2. The van der Waals surface area contributed by atoms with Crippen molar-refractivity contribution >= 4 is 33.0 Å². The molecule has 2 aromatic carbocycles. The molecule has 1 amide bonds. The Bertz CT molecular complexity index is 2380. The van der Waals surface area contributed by atoms with Gasteiger partial charge in [-0.3, -0.25) is 4.98 Å². The van der Waals surface area contributed by atoms with Crippen molar-refractivity contribution in [3.63, 3.8) is 0 Å². The molecule has 0 saturated carbocycles. The zero-order chi connectivity index (χ0) is 36.6. The fraction of sp³-hybridized carbons (Fsp3) is 0.250. The van der Waals surface area contributed by atoms with Crippen LogP contribution in [0.3, 0.4) is 0 Å². The summed E-state index contributed by atoms with van der Waals surface area (Å²) in [6.07, 6.45) is 6.96. The lowest BCUT2D eigenvalue weighted by molar-refractivity contribution is 0.0223. The third-order valence-electron chi connectivity index (χ3n) is 8.76. The number of fused-ring (bicyclic) bond motifs is 2. The van der Waals surface area contributed by atoms with Crippen molar-refractivity contribution in [1.29, 1.82) is 0 Å². The van der Waals surface area contributed by atoms with Crippen LogP contribution in [0.25, 0.3) is 22.2 Å². The molecule has 12 heteroatoms. The van der Waals surface area contributed by atoms with Crippen LogP contribution in [0.1, 0.15) is 48.7 Å². The van der Waals surface area contributed by atoms with Crippen LogP contribution in [0.4, 0.5) is 10.6 Å². The smallest absolute Gasteiger partial charge is 0.410 e. The number of carbonyl (C=O) groups is 1. The number of amides is 1. The standard InChI is InChI=1S/C40H40N6O5S/c1-26-7-12-33(13-8-26)52(48,49)46-25-34(29-14-17-41-36(21-29)44-23-31-10-6-27(2)22-43-31)37-35(15-18-42-38(37)46)50-32-11-9-28-16-19-45(24-30(28)20-32)39(47)51-40(3,4)5/h6-15,17-18,20-22,25H,16,19,23-24H2,1-5H3,(H,41,44). The number of nitrogens with zero attached hydrogens (tertiary/aromatic N) is 5. The van der Waals surface area contributed by atoms with Crippen molar-refractivity contribution in [3.05, 3.63) is 126 Å². The van der Waals surface area contributed by atoms with Crippen molar-refractivity contribution in [1.82, 2.24) is 23.8 Å². The molecule has 0 fully saturated rings. The van der Waals surface area contributed by atoms with Gasteiger partial charge in [-0.1, -0.05) is 29.8 Å². The molecular weight excluding hydrogens is 677 g/mol. The van der Waals surface area contributed by atoms with E-state index in [1.54, 1.807) is 53.8 Å².